The van der Waals surface area contributed by atoms with E-state index in [1.807, 2.05) is 0 Å². The van der Waals surface area contributed by atoms with Gasteiger partial charge in [0, 0.05) is 5.57 Å². The standard InChI is InChI=1S/C8H15O5P/c1-4-7(14(10,11)12)6(3)8(9)13-5-2/h4-5H2,1-3H3,(H2,10,11,12). The van der Waals surface area contributed by atoms with Gasteiger partial charge in [0.1, 0.15) is 0 Å². The van der Waals surface area contributed by atoms with Crippen molar-refractivity contribution in [3.05, 3.63) is 10.9 Å². The Kier molecular flexibility index (Phi) is 5.05. The molecule has 0 amide bonds. The van der Waals surface area contributed by atoms with Gasteiger partial charge in [-0.2, -0.15) is 0 Å². The van der Waals surface area contributed by atoms with Gasteiger partial charge < -0.3 is 14.5 Å². The summed E-state index contributed by atoms with van der Waals surface area (Å²) < 4.78 is 15.6. The molecule has 5 nitrogen and oxygen atoms in total. The van der Waals surface area contributed by atoms with Crippen LogP contribution >= 0.6 is 7.60 Å². The number of hydrogen-bond acceptors (Lipinski definition) is 3. The van der Waals surface area contributed by atoms with E-state index in [1.54, 1.807) is 13.8 Å². The van der Waals surface area contributed by atoms with Crippen molar-refractivity contribution < 1.29 is 23.9 Å². The van der Waals surface area contributed by atoms with Crippen LogP contribution in [0.25, 0.3) is 0 Å². The van der Waals surface area contributed by atoms with Gasteiger partial charge in [-0.1, -0.05) is 6.92 Å². The van der Waals surface area contributed by atoms with Gasteiger partial charge in [-0.15, -0.1) is 0 Å². The van der Waals surface area contributed by atoms with Gasteiger partial charge in [-0.25, -0.2) is 4.79 Å². The molecule has 0 spiro atoms. The summed E-state index contributed by atoms with van der Waals surface area (Å²) in [6, 6.07) is 0. The normalized spacial score (nSPS) is 13.5. The highest BCUT2D eigenvalue weighted by atomic mass is 31.2. The third kappa shape index (κ3) is 3.62. The Morgan fingerprint density at radius 2 is 1.86 bits per heavy atom. The number of ether oxygens (including phenoxy) is 1. The minimum atomic E-state index is -4.33. The fourth-order valence-corrected chi connectivity index (χ4v) is 1.99. The predicted molar refractivity (Wildman–Crippen MR) is 51.7 cm³/mol. The zero-order chi connectivity index (χ0) is 11.4. The van der Waals surface area contributed by atoms with Crippen molar-refractivity contribution in [2.24, 2.45) is 0 Å². The second-order valence-corrected chi connectivity index (χ2v) is 4.32. The highest BCUT2D eigenvalue weighted by molar-refractivity contribution is 7.56. The molecule has 0 unspecified atom stereocenters. The van der Waals surface area contributed by atoms with Crippen molar-refractivity contribution in [1.29, 1.82) is 0 Å². The van der Waals surface area contributed by atoms with E-state index >= 15 is 0 Å². The molecule has 2 N–H and O–H groups in total. The summed E-state index contributed by atoms with van der Waals surface area (Å²) in [5.74, 6) is -0.673. The lowest BCUT2D eigenvalue weighted by molar-refractivity contribution is -0.138. The first-order valence-corrected chi connectivity index (χ1v) is 5.88. The maximum Gasteiger partial charge on any atom is 0.352 e. The van der Waals surface area contributed by atoms with Gasteiger partial charge in [-0.05, 0) is 20.3 Å². The molecule has 0 aromatic heterocycles. The van der Waals surface area contributed by atoms with E-state index in [0.29, 0.717) is 0 Å². The van der Waals surface area contributed by atoms with E-state index in [1.165, 1.54) is 6.92 Å². The SMILES string of the molecule is CCOC(=O)C(C)=C(CC)P(=O)(O)O. The van der Waals surface area contributed by atoms with E-state index in [2.05, 4.69) is 4.74 Å². The zero-order valence-corrected chi connectivity index (χ0v) is 9.38. The first-order chi connectivity index (χ1) is 6.34. The van der Waals surface area contributed by atoms with Crippen LogP contribution in [-0.4, -0.2) is 22.4 Å². The van der Waals surface area contributed by atoms with Crippen LogP contribution in [0.2, 0.25) is 0 Å². The molecular formula is C8H15O5P. The van der Waals surface area contributed by atoms with Gasteiger partial charge in [0.15, 0.2) is 0 Å². The van der Waals surface area contributed by atoms with Gasteiger partial charge in [0.2, 0.25) is 0 Å². The summed E-state index contributed by atoms with van der Waals surface area (Å²) >= 11 is 0. The third-order valence-electron chi connectivity index (χ3n) is 1.70. The Bertz CT molecular complexity index is 288. The molecule has 6 heteroatoms. The topological polar surface area (TPSA) is 83.8 Å². The number of esters is 1. The molecule has 0 atom stereocenters. The van der Waals surface area contributed by atoms with Crippen molar-refractivity contribution in [3.8, 4) is 0 Å². The van der Waals surface area contributed by atoms with Crippen molar-refractivity contribution in [2.75, 3.05) is 6.61 Å². The summed E-state index contributed by atoms with van der Waals surface area (Å²) in [6.45, 7) is 4.76. The number of allylic oxidation sites excluding steroid dienone is 1. The molecule has 14 heavy (non-hydrogen) atoms. The lowest BCUT2D eigenvalue weighted by Crippen LogP contribution is -2.08. The van der Waals surface area contributed by atoms with Crippen LogP contribution in [0.15, 0.2) is 10.9 Å². The maximum atomic E-state index is 11.2. The molecule has 0 rings (SSSR count). The Balaban J connectivity index is 5.04. The molecule has 0 saturated heterocycles. The van der Waals surface area contributed by atoms with Crippen molar-refractivity contribution >= 4 is 13.6 Å². The second kappa shape index (κ2) is 5.29. The molecule has 0 heterocycles. The largest absolute Gasteiger partial charge is 0.463 e. The summed E-state index contributed by atoms with van der Waals surface area (Å²) in [5.41, 5.74) is 0.00248. The summed E-state index contributed by atoms with van der Waals surface area (Å²) in [4.78, 5) is 29.0. The van der Waals surface area contributed by atoms with Crippen molar-refractivity contribution in [2.45, 2.75) is 27.2 Å². The molecular weight excluding hydrogens is 207 g/mol. The van der Waals surface area contributed by atoms with Crippen LogP contribution in [0, 0.1) is 0 Å². The number of hydrogen-bond donors (Lipinski definition) is 2. The van der Waals surface area contributed by atoms with Crippen molar-refractivity contribution in [1.82, 2.24) is 0 Å². The van der Waals surface area contributed by atoms with E-state index in [-0.39, 0.29) is 23.9 Å². The highest BCUT2D eigenvalue weighted by Gasteiger charge is 2.24. The molecule has 0 fully saturated rings. The predicted octanol–water partition coefficient (Wildman–Crippen LogP) is 1.41. The Hall–Kier alpha value is -0.640. The van der Waals surface area contributed by atoms with E-state index in [4.69, 9.17) is 9.79 Å². The first-order valence-electron chi connectivity index (χ1n) is 4.27. The van der Waals surface area contributed by atoms with Gasteiger partial charge >= 0.3 is 13.6 Å². The lowest BCUT2D eigenvalue weighted by atomic mass is 10.2. The average Bonchev–Trinajstić information content (AvgIpc) is 2.03. The molecule has 0 aromatic rings. The molecule has 0 aromatic carbocycles. The lowest BCUT2D eigenvalue weighted by Gasteiger charge is -2.10. The Labute approximate surface area is 82.9 Å². The minimum Gasteiger partial charge on any atom is -0.463 e. The molecule has 0 radical (unpaired) electrons. The van der Waals surface area contributed by atoms with Crippen molar-refractivity contribution in [3.63, 3.8) is 0 Å². The second-order valence-electron chi connectivity index (χ2n) is 2.69. The molecule has 0 aliphatic heterocycles. The molecule has 82 valence electrons. The van der Waals surface area contributed by atoms with Crippen LogP contribution in [0.5, 0.6) is 0 Å². The molecule has 0 bridgehead atoms. The quantitative estimate of drug-likeness (QED) is 0.427. The summed E-state index contributed by atoms with van der Waals surface area (Å²) in [5, 5.41) is -0.157. The number of carbonyl (C=O) groups is 1. The molecule has 0 aliphatic carbocycles. The van der Waals surface area contributed by atoms with Crippen LogP contribution in [-0.2, 0) is 14.1 Å². The summed E-state index contributed by atoms with van der Waals surface area (Å²) in [6.07, 6.45) is 0.134. The van der Waals surface area contributed by atoms with Crippen LogP contribution in [0.3, 0.4) is 0 Å². The fourth-order valence-electron chi connectivity index (χ4n) is 1.05. The maximum absolute atomic E-state index is 11.2. The number of carbonyl (C=O) groups excluding carboxylic acids is 1. The molecule has 0 aliphatic rings. The van der Waals surface area contributed by atoms with Crippen LogP contribution in [0.4, 0.5) is 0 Å². The van der Waals surface area contributed by atoms with Gasteiger partial charge in [0.25, 0.3) is 0 Å². The fraction of sp³-hybridized carbons (Fsp3) is 0.625. The van der Waals surface area contributed by atoms with E-state index < -0.39 is 13.6 Å². The van der Waals surface area contributed by atoms with Crippen LogP contribution < -0.4 is 0 Å². The van der Waals surface area contributed by atoms with Crippen LogP contribution in [0.1, 0.15) is 27.2 Å². The average molecular weight is 222 g/mol. The number of rotatable bonds is 4. The van der Waals surface area contributed by atoms with Gasteiger partial charge in [0.05, 0.1) is 11.9 Å². The smallest absolute Gasteiger partial charge is 0.352 e. The monoisotopic (exact) mass is 222 g/mol. The zero-order valence-electron chi connectivity index (χ0n) is 8.48. The van der Waals surface area contributed by atoms with E-state index in [0.717, 1.165) is 0 Å². The highest BCUT2D eigenvalue weighted by Crippen LogP contribution is 2.48. The Morgan fingerprint density at radius 3 is 2.14 bits per heavy atom. The van der Waals surface area contributed by atoms with Gasteiger partial charge in [-0.3, -0.25) is 4.57 Å². The van der Waals surface area contributed by atoms with E-state index in [9.17, 15) is 9.36 Å². The molecule has 0 saturated carbocycles. The third-order valence-corrected chi connectivity index (χ3v) is 3.06. The Morgan fingerprint density at radius 1 is 1.36 bits per heavy atom. The first kappa shape index (κ1) is 13.4. The minimum absolute atomic E-state index is 0.00248. The summed E-state index contributed by atoms with van der Waals surface area (Å²) in [7, 11) is -4.33.